The number of rotatable bonds is 2. The monoisotopic (exact) mass is 231 g/mol. The second kappa shape index (κ2) is 4.00. The molecule has 2 N–H and O–H groups in total. The van der Waals surface area contributed by atoms with Crippen molar-refractivity contribution in [3.05, 3.63) is 23.9 Å². The molecule has 5 nitrogen and oxygen atoms in total. The van der Waals surface area contributed by atoms with Crippen LogP contribution >= 0.6 is 0 Å². The van der Waals surface area contributed by atoms with Crippen molar-refractivity contribution in [3.63, 3.8) is 0 Å². The summed E-state index contributed by atoms with van der Waals surface area (Å²) in [6.45, 7) is 3.72. The molecule has 1 atom stereocenters. The highest BCUT2D eigenvalue weighted by Gasteiger charge is 2.26. The molecule has 1 saturated heterocycles. The molecule has 1 aliphatic rings. The molecule has 0 spiro atoms. The highest BCUT2D eigenvalue weighted by Crippen LogP contribution is 2.22. The lowest BCUT2D eigenvalue weighted by Crippen LogP contribution is -2.36. The Kier molecular flexibility index (Phi) is 2.48. The number of aromatic nitrogens is 3. The summed E-state index contributed by atoms with van der Waals surface area (Å²) in [7, 11) is 0. The summed E-state index contributed by atoms with van der Waals surface area (Å²) in [5.74, 6) is 0.812. The first-order valence-corrected chi connectivity index (χ1v) is 6.08. The average Bonchev–Trinajstić information content (AvgIpc) is 2.94. The van der Waals surface area contributed by atoms with Crippen LogP contribution in [0.25, 0.3) is 5.65 Å². The number of hydrogen-bond donors (Lipinski definition) is 1. The first kappa shape index (κ1) is 10.5. The van der Waals surface area contributed by atoms with Crippen LogP contribution in [0.4, 0.5) is 5.95 Å². The van der Waals surface area contributed by atoms with Gasteiger partial charge in [-0.1, -0.05) is 6.07 Å². The number of nitrogens with zero attached hydrogens (tertiary/aromatic N) is 4. The summed E-state index contributed by atoms with van der Waals surface area (Å²) < 4.78 is 1.89. The van der Waals surface area contributed by atoms with E-state index in [0.29, 0.717) is 12.6 Å². The molecule has 0 aromatic carbocycles. The quantitative estimate of drug-likeness (QED) is 0.836. The van der Waals surface area contributed by atoms with Gasteiger partial charge in [0.05, 0.1) is 0 Å². The van der Waals surface area contributed by atoms with E-state index in [1.807, 2.05) is 29.6 Å². The number of nitrogens with two attached hydrogens (primary N) is 1. The zero-order chi connectivity index (χ0) is 11.8. The third kappa shape index (κ3) is 1.67. The van der Waals surface area contributed by atoms with Crippen molar-refractivity contribution in [2.24, 2.45) is 5.73 Å². The van der Waals surface area contributed by atoms with Crippen LogP contribution in [-0.2, 0) is 0 Å². The van der Waals surface area contributed by atoms with Gasteiger partial charge in [0.2, 0.25) is 5.95 Å². The Hall–Kier alpha value is -1.62. The minimum absolute atomic E-state index is 0.396. The van der Waals surface area contributed by atoms with E-state index in [1.54, 1.807) is 0 Å². The van der Waals surface area contributed by atoms with Crippen molar-refractivity contribution in [1.82, 2.24) is 14.6 Å². The van der Waals surface area contributed by atoms with Gasteiger partial charge in [-0.05, 0) is 31.9 Å². The molecule has 1 aliphatic heterocycles. The number of pyridine rings is 1. The fourth-order valence-corrected chi connectivity index (χ4v) is 2.49. The molecule has 3 heterocycles. The van der Waals surface area contributed by atoms with Gasteiger partial charge in [-0.15, -0.1) is 5.10 Å². The lowest BCUT2D eigenvalue weighted by atomic mass is 10.2. The predicted molar refractivity (Wildman–Crippen MR) is 67.1 cm³/mol. The van der Waals surface area contributed by atoms with Gasteiger partial charge >= 0.3 is 0 Å². The third-order valence-corrected chi connectivity index (χ3v) is 3.44. The van der Waals surface area contributed by atoms with Crippen molar-refractivity contribution in [1.29, 1.82) is 0 Å². The van der Waals surface area contributed by atoms with Crippen LogP contribution < -0.4 is 10.6 Å². The highest BCUT2D eigenvalue weighted by atomic mass is 15.4. The molecule has 90 valence electrons. The molecule has 0 amide bonds. The molecule has 2 aromatic heterocycles. The second-order valence-corrected chi connectivity index (χ2v) is 4.57. The molecular weight excluding hydrogens is 214 g/mol. The van der Waals surface area contributed by atoms with Crippen molar-refractivity contribution < 1.29 is 0 Å². The molecule has 1 unspecified atom stereocenters. The summed E-state index contributed by atoms with van der Waals surface area (Å²) in [5, 5.41) is 4.57. The number of fused-ring (bicyclic) bond motifs is 1. The Bertz CT molecular complexity index is 533. The predicted octanol–water partition coefficient (Wildman–Crippen LogP) is 0.965. The average molecular weight is 231 g/mol. The van der Waals surface area contributed by atoms with E-state index in [2.05, 4.69) is 15.0 Å². The Morgan fingerprint density at radius 2 is 2.35 bits per heavy atom. The van der Waals surface area contributed by atoms with Crippen molar-refractivity contribution >= 4 is 11.6 Å². The zero-order valence-electron chi connectivity index (χ0n) is 10.0. The Morgan fingerprint density at radius 1 is 1.47 bits per heavy atom. The second-order valence-electron chi connectivity index (χ2n) is 4.57. The fourth-order valence-electron chi connectivity index (χ4n) is 2.49. The standard InChI is InChI=1S/C12H17N5/c1-9-4-2-6-11-14-12(15-17(9)11)16-7-3-5-10(16)8-13/h2,4,6,10H,3,5,7-8,13H2,1H3. The van der Waals surface area contributed by atoms with Crippen LogP contribution in [0, 0.1) is 6.92 Å². The summed E-state index contributed by atoms with van der Waals surface area (Å²) >= 11 is 0. The van der Waals surface area contributed by atoms with Crippen LogP contribution in [0.5, 0.6) is 0 Å². The van der Waals surface area contributed by atoms with Crippen LogP contribution in [-0.4, -0.2) is 33.7 Å². The maximum absolute atomic E-state index is 5.78. The van der Waals surface area contributed by atoms with Gasteiger partial charge in [-0.25, -0.2) is 4.52 Å². The van der Waals surface area contributed by atoms with E-state index in [-0.39, 0.29) is 0 Å². The van der Waals surface area contributed by atoms with Gasteiger partial charge in [-0.3, -0.25) is 0 Å². The van der Waals surface area contributed by atoms with Gasteiger partial charge < -0.3 is 10.6 Å². The smallest absolute Gasteiger partial charge is 0.245 e. The highest BCUT2D eigenvalue weighted by molar-refractivity contribution is 5.46. The Morgan fingerprint density at radius 3 is 3.12 bits per heavy atom. The molecule has 2 aromatic rings. The van der Waals surface area contributed by atoms with E-state index in [4.69, 9.17) is 5.73 Å². The van der Waals surface area contributed by atoms with E-state index in [9.17, 15) is 0 Å². The number of hydrogen-bond acceptors (Lipinski definition) is 4. The van der Waals surface area contributed by atoms with Gasteiger partial charge in [0, 0.05) is 24.8 Å². The lowest BCUT2D eigenvalue weighted by molar-refractivity contribution is 0.663. The van der Waals surface area contributed by atoms with Crippen LogP contribution in [0.15, 0.2) is 18.2 Å². The van der Waals surface area contributed by atoms with Gasteiger partial charge in [0.1, 0.15) is 0 Å². The molecule has 1 fully saturated rings. The van der Waals surface area contributed by atoms with Crippen molar-refractivity contribution in [2.45, 2.75) is 25.8 Å². The summed E-state index contributed by atoms with van der Waals surface area (Å²) in [6.07, 6.45) is 2.32. The molecule has 0 radical (unpaired) electrons. The van der Waals surface area contributed by atoms with Gasteiger partial charge in [0.25, 0.3) is 0 Å². The van der Waals surface area contributed by atoms with E-state index in [1.165, 1.54) is 6.42 Å². The summed E-state index contributed by atoms with van der Waals surface area (Å²) in [6, 6.07) is 6.42. The molecule has 17 heavy (non-hydrogen) atoms. The molecular formula is C12H17N5. The molecule has 0 aliphatic carbocycles. The number of aryl methyl sites for hydroxylation is 1. The molecule has 0 saturated carbocycles. The maximum atomic E-state index is 5.78. The summed E-state index contributed by atoms with van der Waals surface area (Å²) in [5.41, 5.74) is 7.79. The fraction of sp³-hybridized carbons (Fsp3) is 0.500. The maximum Gasteiger partial charge on any atom is 0.245 e. The Labute approximate surface area is 100 Å². The normalized spacial score (nSPS) is 20.4. The minimum atomic E-state index is 0.396. The Balaban J connectivity index is 2.03. The third-order valence-electron chi connectivity index (χ3n) is 3.44. The molecule has 3 rings (SSSR count). The van der Waals surface area contributed by atoms with E-state index >= 15 is 0 Å². The van der Waals surface area contributed by atoms with Gasteiger partial charge in [0.15, 0.2) is 5.65 Å². The molecule has 5 heteroatoms. The van der Waals surface area contributed by atoms with E-state index in [0.717, 1.165) is 30.3 Å². The first-order chi connectivity index (χ1) is 8.29. The first-order valence-electron chi connectivity index (χ1n) is 6.08. The SMILES string of the molecule is Cc1cccc2nc(N3CCCC3CN)nn12. The van der Waals surface area contributed by atoms with Gasteiger partial charge in [-0.2, -0.15) is 4.98 Å². The van der Waals surface area contributed by atoms with Crippen LogP contribution in [0.2, 0.25) is 0 Å². The van der Waals surface area contributed by atoms with Crippen LogP contribution in [0.1, 0.15) is 18.5 Å². The molecule has 0 bridgehead atoms. The van der Waals surface area contributed by atoms with Crippen molar-refractivity contribution in [3.8, 4) is 0 Å². The summed E-state index contributed by atoms with van der Waals surface area (Å²) in [4.78, 5) is 6.80. The minimum Gasteiger partial charge on any atom is -0.335 e. The number of anilines is 1. The lowest BCUT2D eigenvalue weighted by Gasteiger charge is -2.21. The van der Waals surface area contributed by atoms with E-state index < -0.39 is 0 Å². The van der Waals surface area contributed by atoms with Crippen molar-refractivity contribution in [2.75, 3.05) is 18.0 Å². The topological polar surface area (TPSA) is 59.5 Å². The zero-order valence-corrected chi connectivity index (χ0v) is 10.0. The largest absolute Gasteiger partial charge is 0.335 e. The van der Waals surface area contributed by atoms with Crippen LogP contribution in [0.3, 0.4) is 0 Å².